The van der Waals surface area contributed by atoms with Gasteiger partial charge in [-0.1, -0.05) is 30.1 Å². The van der Waals surface area contributed by atoms with Crippen LogP contribution in [0.25, 0.3) is 0 Å². The van der Waals surface area contributed by atoms with Crippen LogP contribution in [0.2, 0.25) is 10.0 Å². The van der Waals surface area contributed by atoms with Crippen LogP contribution in [-0.2, 0) is 9.84 Å². The maximum Gasteiger partial charge on any atom is 0.180 e. The van der Waals surface area contributed by atoms with Crippen LogP contribution in [0.3, 0.4) is 0 Å². The number of hydrogen-bond donors (Lipinski definition) is 1. The van der Waals surface area contributed by atoms with E-state index in [2.05, 4.69) is 0 Å². The van der Waals surface area contributed by atoms with Gasteiger partial charge in [-0.25, -0.2) is 8.42 Å². The van der Waals surface area contributed by atoms with E-state index in [1.54, 1.807) is 0 Å². The van der Waals surface area contributed by atoms with E-state index < -0.39 is 9.84 Å². The van der Waals surface area contributed by atoms with Gasteiger partial charge in [0, 0.05) is 0 Å². The third kappa shape index (κ3) is 2.13. The van der Waals surface area contributed by atoms with Crippen LogP contribution >= 0.6 is 23.2 Å². The number of rotatable bonds is 2. The Balaban J connectivity index is 3.45. The maximum atomic E-state index is 11.5. The highest BCUT2D eigenvalue weighted by molar-refractivity contribution is 7.91. The third-order valence-corrected chi connectivity index (χ3v) is 4.27. The predicted molar refractivity (Wildman–Crippen MR) is 58.6 cm³/mol. The number of sulfone groups is 1. The van der Waals surface area contributed by atoms with E-state index in [4.69, 9.17) is 28.9 Å². The molecule has 0 aliphatic carbocycles. The summed E-state index contributed by atoms with van der Waals surface area (Å²) in [6, 6.07) is 2.62. The van der Waals surface area contributed by atoms with E-state index >= 15 is 0 Å². The van der Waals surface area contributed by atoms with Crippen LogP contribution in [0.15, 0.2) is 17.0 Å². The summed E-state index contributed by atoms with van der Waals surface area (Å²) in [4.78, 5) is 0.0365. The summed E-state index contributed by atoms with van der Waals surface area (Å²) in [5, 5.41) is 0.437. The van der Waals surface area contributed by atoms with Gasteiger partial charge in [0.2, 0.25) is 0 Å². The van der Waals surface area contributed by atoms with Crippen molar-refractivity contribution in [2.24, 2.45) is 0 Å². The first kappa shape index (κ1) is 11.6. The van der Waals surface area contributed by atoms with Crippen molar-refractivity contribution < 1.29 is 8.42 Å². The molecule has 0 amide bonds. The predicted octanol–water partition coefficient (Wildman–Crippen LogP) is 2.37. The van der Waals surface area contributed by atoms with E-state index in [1.807, 2.05) is 0 Å². The second kappa shape index (κ2) is 3.96. The molecule has 0 unspecified atom stereocenters. The number of anilines is 1. The number of benzene rings is 1. The van der Waals surface area contributed by atoms with Crippen molar-refractivity contribution in [1.82, 2.24) is 0 Å². The Bertz CT molecular complexity index is 457. The lowest BCUT2D eigenvalue weighted by Gasteiger charge is -2.06. The third-order valence-electron chi connectivity index (χ3n) is 1.77. The summed E-state index contributed by atoms with van der Waals surface area (Å²) < 4.78 is 23.0. The number of hydrogen-bond acceptors (Lipinski definition) is 3. The van der Waals surface area contributed by atoms with Gasteiger partial charge >= 0.3 is 0 Å². The molecule has 0 fully saturated rings. The van der Waals surface area contributed by atoms with Crippen LogP contribution in [-0.4, -0.2) is 14.2 Å². The summed E-state index contributed by atoms with van der Waals surface area (Å²) in [6.07, 6.45) is 0. The summed E-state index contributed by atoms with van der Waals surface area (Å²) in [5.41, 5.74) is 5.66. The number of halogens is 2. The van der Waals surface area contributed by atoms with Gasteiger partial charge in [-0.3, -0.25) is 0 Å². The molecule has 1 aromatic carbocycles. The summed E-state index contributed by atoms with van der Waals surface area (Å²) >= 11 is 11.4. The molecular formula is C8H9Cl2NO2S. The van der Waals surface area contributed by atoms with Crippen molar-refractivity contribution in [2.45, 2.75) is 11.8 Å². The quantitative estimate of drug-likeness (QED) is 0.824. The van der Waals surface area contributed by atoms with Crippen molar-refractivity contribution >= 4 is 38.7 Å². The van der Waals surface area contributed by atoms with Crippen molar-refractivity contribution in [3.05, 3.63) is 22.2 Å². The molecule has 1 aromatic rings. The molecule has 0 aliphatic rings. The van der Waals surface area contributed by atoms with Gasteiger partial charge in [0.1, 0.15) is 0 Å². The van der Waals surface area contributed by atoms with Crippen molar-refractivity contribution in [2.75, 3.05) is 11.5 Å². The van der Waals surface area contributed by atoms with E-state index in [0.717, 1.165) is 0 Å². The monoisotopic (exact) mass is 253 g/mol. The van der Waals surface area contributed by atoms with Crippen LogP contribution < -0.4 is 5.73 Å². The second-order valence-electron chi connectivity index (χ2n) is 2.71. The first-order valence-electron chi connectivity index (χ1n) is 3.85. The van der Waals surface area contributed by atoms with E-state index in [0.29, 0.717) is 0 Å². The molecule has 0 atom stereocenters. The highest BCUT2D eigenvalue weighted by Crippen LogP contribution is 2.30. The van der Waals surface area contributed by atoms with Crippen LogP contribution in [0.1, 0.15) is 6.92 Å². The molecule has 14 heavy (non-hydrogen) atoms. The highest BCUT2D eigenvalue weighted by Gasteiger charge is 2.17. The molecule has 0 bridgehead atoms. The fourth-order valence-electron chi connectivity index (χ4n) is 0.969. The lowest BCUT2D eigenvalue weighted by Crippen LogP contribution is -2.07. The minimum atomic E-state index is -3.34. The average molecular weight is 254 g/mol. The number of nitrogens with two attached hydrogens (primary N) is 1. The van der Waals surface area contributed by atoms with Gasteiger partial charge in [0.25, 0.3) is 0 Å². The fourth-order valence-corrected chi connectivity index (χ4v) is 2.40. The normalized spacial score (nSPS) is 11.6. The first-order valence-corrected chi connectivity index (χ1v) is 6.26. The summed E-state index contributed by atoms with van der Waals surface area (Å²) in [5.74, 6) is -0.0187. The lowest BCUT2D eigenvalue weighted by atomic mass is 10.3. The molecule has 78 valence electrons. The van der Waals surface area contributed by atoms with E-state index in [9.17, 15) is 8.42 Å². The summed E-state index contributed by atoms with van der Waals surface area (Å²) in [7, 11) is -3.34. The van der Waals surface area contributed by atoms with Crippen molar-refractivity contribution in [3.8, 4) is 0 Å². The minimum absolute atomic E-state index is 0.0187. The lowest BCUT2D eigenvalue weighted by molar-refractivity contribution is 0.597. The van der Waals surface area contributed by atoms with Gasteiger partial charge < -0.3 is 5.73 Å². The van der Waals surface area contributed by atoms with E-state index in [-0.39, 0.29) is 26.4 Å². The summed E-state index contributed by atoms with van der Waals surface area (Å²) in [6.45, 7) is 1.54. The largest absolute Gasteiger partial charge is 0.398 e. The maximum absolute atomic E-state index is 11.5. The molecule has 0 aromatic heterocycles. The Hall–Kier alpha value is -0.450. The first-order chi connectivity index (χ1) is 6.38. The van der Waals surface area contributed by atoms with Crippen molar-refractivity contribution in [1.29, 1.82) is 0 Å². The molecule has 3 nitrogen and oxygen atoms in total. The zero-order valence-corrected chi connectivity index (χ0v) is 9.75. The highest BCUT2D eigenvalue weighted by atomic mass is 35.5. The molecule has 6 heteroatoms. The van der Waals surface area contributed by atoms with Gasteiger partial charge in [0.05, 0.1) is 26.4 Å². The molecule has 0 heterocycles. The Morgan fingerprint density at radius 1 is 1.29 bits per heavy atom. The Morgan fingerprint density at radius 2 is 1.79 bits per heavy atom. The molecule has 0 saturated heterocycles. The molecule has 1 rings (SSSR count). The SMILES string of the molecule is CCS(=O)(=O)c1cc(Cl)c(Cl)cc1N. The Morgan fingerprint density at radius 3 is 2.29 bits per heavy atom. The fraction of sp³-hybridized carbons (Fsp3) is 0.250. The Labute approximate surface area is 92.7 Å². The zero-order valence-electron chi connectivity index (χ0n) is 7.42. The van der Waals surface area contributed by atoms with Gasteiger partial charge in [-0.15, -0.1) is 0 Å². The molecule has 0 saturated carbocycles. The standard InChI is InChI=1S/C8H9Cl2NO2S/c1-2-14(12,13)8-4-6(10)5(9)3-7(8)11/h3-4H,2,11H2,1H3. The smallest absolute Gasteiger partial charge is 0.180 e. The molecule has 0 aliphatic heterocycles. The van der Waals surface area contributed by atoms with Gasteiger partial charge in [-0.2, -0.15) is 0 Å². The zero-order chi connectivity index (χ0) is 10.9. The molecule has 2 N–H and O–H groups in total. The van der Waals surface area contributed by atoms with Gasteiger partial charge in [0.15, 0.2) is 9.84 Å². The average Bonchev–Trinajstić information content (AvgIpc) is 2.11. The van der Waals surface area contributed by atoms with Crippen LogP contribution in [0.4, 0.5) is 5.69 Å². The van der Waals surface area contributed by atoms with E-state index in [1.165, 1.54) is 19.1 Å². The van der Waals surface area contributed by atoms with Gasteiger partial charge in [-0.05, 0) is 12.1 Å². The van der Waals surface area contributed by atoms with Crippen LogP contribution in [0, 0.1) is 0 Å². The topological polar surface area (TPSA) is 60.2 Å². The van der Waals surface area contributed by atoms with Crippen molar-refractivity contribution in [3.63, 3.8) is 0 Å². The Kier molecular flexibility index (Phi) is 3.29. The molecule has 0 spiro atoms. The molecular weight excluding hydrogens is 245 g/mol. The second-order valence-corrected chi connectivity index (χ2v) is 5.77. The minimum Gasteiger partial charge on any atom is -0.398 e. The van der Waals surface area contributed by atoms with Crippen LogP contribution in [0.5, 0.6) is 0 Å². The number of nitrogen functional groups attached to an aromatic ring is 1. The molecule has 0 radical (unpaired) electrons.